The highest BCUT2D eigenvalue weighted by Crippen LogP contribution is 2.38. The molecule has 0 atom stereocenters. The molecule has 0 bridgehead atoms. The maximum atomic E-state index is 11.6. The van der Waals surface area contributed by atoms with E-state index >= 15 is 0 Å². The Kier molecular flexibility index (Phi) is 9.84. The number of rotatable bonds is 9. The molecule has 0 saturated heterocycles. The lowest BCUT2D eigenvalue weighted by molar-refractivity contribution is 0.332. The Balaban J connectivity index is 0.000000810. The van der Waals surface area contributed by atoms with Crippen LogP contribution < -0.4 is 14.8 Å². The standard InChI is InChI=1S/C25H28N6O3S.CH4O3S/c1-5-14-31(2)30-28-17-10-12-20-23(15-17)26-21-9-7-6-8-19(21)25(20)27-22-13-11-18(16-24(22)34-3)29-35(4,32)33;1-5(2,3)4/h6-13,15-16,29H,5,14H2,1-4H3,(H,26,27);1H3,(H,2,3,4). The molecule has 0 spiro atoms. The van der Waals surface area contributed by atoms with Gasteiger partial charge in [0, 0.05) is 30.4 Å². The van der Waals surface area contributed by atoms with E-state index in [2.05, 4.69) is 27.3 Å². The number of nitrogens with zero attached hydrogens (tertiary/aromatic N) is 4. The fraction of sp³-hybridized carbons (Fsp3) is 0.269. The summed E-state index contributed by atoms with van der Waals surface area (Å²) in [6, 6.07) is 18.8. The molecule has 4 rings (SSSR count). The number of pyridine rings is 1. The van der Waals surface area contributed by atoms with Crippen molar-refractivity contribution in [3.63, 3.8) is 0 Å². The van der Waals surface area contributed by atoms with Crippen LogP contribution in [0, 0.1) is 0 Å². The normalized spacial score (nSPS) is 11.8. The zero-order valence-corrected chi connectivity index (χ0v) is 24.4. The smallest absolute Gasteiger partial charge is 0.261 e. The van der Waals surface area contributed by atoms with E-state index in [-0.39, 0.29) is 0 Å². The zero-order valence-electron chi connectivity index (χ0n) is 22.8. The lowest BCUT2D eigenvalue weighted by Crippen LogP contribution is -2.10. The van der Waals surface area contributed by atoms with Gasteiger partial charge >= 0.3 is 0 Å². The van der Waals surface area contributed by atoms with Crippen LogP contribution in [-0.4, -0.2) is 64.6 Å². The van der Waals surface area contributed by atoms with Crippen LogP contribution in [0.25, 0.3) is 21.8 Å². The Bertz CT molecular complexity index is 1740. The third kappa shape index (κ3) is 9.03. The van der Waals surface area contributed by atoms with Gasteiger partial charge in [-0.3, -0.25) is 14.3 Å². The number of ether oxygens (including phenoxy) is 1. The highest BCUT2D eigenvalue weighted by atomic mass is 32.2. The van der Waals surface area contributed by atoms with Crippen LogP contribution in [0.3, 0.4) is 0 Å². The largest absolute Gasteiger partial charge is 0.494 e. The summed E-state index contributed by atoms with van der Waals surface area (Å²) in [5.74, 6) is 0.497. The van der Waals surface area contributed by atoms with Crippen molar-refractivity contribution in [1.29, 1.82) is 0 Å². The molecule has 12 nitrogen and oxygen atoms in total. The highest BCUT2D eigenvalue weighted by Gasteiger charge is 2.14. The van der Waals surface area contributed by atoms with Gasteiger partial charge in [-0.1, -0.05) is 30.3 Å². The number of nitrogens with one attached hydrogen (secondary N) is 2. The summed E-state index contributed by atoms with van der Waals surface area (Å²) in [4.78, 5) is 4.84. The summed E-state index contributed by atoms with van der Waals surface area (Å²) in [6.07, 6.45) is 2.81. The maximum absolute atomic E-state index is 11.6. The molecule has 214 valence electrons. The van der Waals surface area contributed by atoms with Gasteiger partial charge < -0.3 is 10.1 Å². The van der Waals surface area contributed by atoms with E-state index in [0.29, 0.717) is 29.1 Å². The van der Waals surface area contributed by atoms with Crippen molar-refractivity contribution in [3.8, 4) is 5.75 Å². The van der Waals surface area contributed by atoms with Crippen molar-refractivity contribution in [3.05, 3.63) is 60.7 Å². The summed E-state index contributed by atoms with van der Waals surface area (Å²) in [5.41, 5.74) is 4.28. The number of benzene rings is 3. The van der Waals surface area contributed by atoms with Gasteiger partial charge in [-0.2, -0.15) is 8.42 Å². The minimum Gasteiger partial charge on any atom is -0.494 e. The van der Waals surface area contributed by atoms with Crippen LogP contribution in [0.2, 0.25) is 0 Å². The fourth-order valence-electron chi connectivity index (χ4n) is 3.78. The Morgan fingerprint density at radius 3 is 2.30 bits per heavy atom. The second kappa shape index (κ2) is 12.9. The van der Waals surface area contributed by atoms with Crippen LogP contribution >= 0.6 is 0 Å². The monoisotopic (exact) mass is 588 g/mol. The van der Waals surface area contributed by atoms with E-state index in [9.17, 15) is 16.8 Å². The molecule has 0 fully saturated rings. The summed E-state index contributed by atoms with van der Waals surface area (Å²) in [5, 5.41) is 15.7. The maximum Gasteiger partial charge on any atom is 0.261 e. The van der Waals surface area contributed by atoms with Gasteiger partial charge in [0.1, 0.15) is 5.75 Å². The minimum absolute atomic E-state index is 0.419. The molecule has 0 aliphatic heterocycles. The van der Waals surface area contributed by atoms with E-state index < -0.39 is 20.1 Å². The van der Waals surface area contributed by atoms with Gasteiger partial charge in [0.25, 0.3) is 10.1 Å². The van der Waals surface area contributed by atoms with Gasteiger partial charge in [0.2, 0.25) is 10.0 Å². The molecule has 1 aromatic heterocycles. The van der Waals surface area contributed by atoms with Crippen molar-refractivity contribution in [1.82, 2.24) is 9.99 Å². The van der Waals surface area contributed by atoms with E-state index in [1.54, 1.807) is 30.3 Å². The van der Waals surface area contributed by atoms with Crippen molar-refractivity contribution in [2.45, 2.75) is 13.3 Å². The predicted octanol–water partition coefficient (Wildman–Crippen LogP) is 5.36. The van der Waals surface area contributed by atoms with Crippen molar-refractivity contribution in [2.75, 3.05) is 43.3 Å². The molecule has 1 heterocycles. The van der Waals surface area contributed by atoms with Gasteiger partial charge in [0.05, 0.1) is 53.4 Å². The molecule has 0 aliphatic rings. The van der Waals surface area contributed by atoms with Gasteiger partial charge in [-0.25, -0.2) is 13.4 Å². The Morgan fingerprint density at radius 2 is 1.65 bits per heavy atom. The average molecular weight is 589 g/mol. The molecule has 0 aliphatic carbocycles. The topological polar surface area (TPSA) is 163 Å². The van der Waals surface area contributed by atoms with E-state index in [1.165, 1.54) is 0 Å². The Labute approximate surface area is 233 Å². The van der Waals surface area contributed by atoms with E-state index in [1.807, 2.05) is 49.5 Å². The molecule has 3 aromatic carbocycles. The summed E-state index contributed by atoms with van der Waals surface area (Å²) in [6.45, 7) is 2.92. The molecule has 14 heteroatoms. The first-order valence-electron chi connectivity index (χ1n) is 12.1. The highest BCUT2D eigenvalue weighted by molar-refractivity contribution is 7.92. The van der Waals surface area contributed by atoms with Crippen molar-refractivity contribution in [2.24, 2.45) is 10.3 Å². The quantitative estimate of drug-likeness (QED) is 0.101. The third-order valence-corrected chi connectivity index (χ3v) is 5.90. The molecular weight excluding hydrogens is 556 g/mol. The van der Waals surface area contributed by atoms with Gasteiger partial charge in [0.15, 0.2) is 0 Å². The number of methoxy groups -OCH3 is 1. The van der Waals surface area contributed by atoms with Crippen molar-refractivity contribution < 1.29 is 26.1 Å². The van der Waals surface area contributed by atoms with Crippen molar-refractivity contribution >= 4 is 64.7 Å². The second-order valence-electron chi connectivity index (χ2n) is 8.92. The predicted molar refractivity (Wildman–Crippen MR) is 159 cm³/mol. The van der Waals surface area contributed by atoms with Crippen LogP contribution in [0.5, 0.6) is 5.75 Å². The fourth-order valence-corrected chi connectivity index (χ4v) is 4.34. The number of para-hydroxylation sites is 1. The minimum atomic E-state index is -3.67. The summed E-state index contributed by atoms with van der Waals surface area (Å²) < 4.78 is 57.1. The van der Waals surface area contributed by atoms with Gasteiger partial charge in [-0.05, 0) is 42.8 Å². The number of hydrogen-bond donors (Lipinski definition) is 3. The molecule has 40 heavy (non-hydrogen) atoms. The van der Waals surface area contributed by atoms with E-state index in [4.69, 9.17) is 14.3 Å². The first-order chi connectivity index (χ1) is 18.8. The summed E-state index contributed by atoms with van der Waals surface area (Å²) in [7, 11) is -3.63. The SMILES string of the molecule is CCCN(C)N=Nc1ccc2c(Nc3ccc(NS(C)(=O)=O)cc3OC)c3ccccc3nc2c1.CS(=O)(=O)O. The van der Waals surface area contributed by atoms with Crippen LogP contribution in [0.1, 0.15) is 13.3 Å². The molecule has 4 aromatic rings. The third-order valence-electron chi connectivity index (χ3n) is 5.29. The van der Waals surface area contributed by atoms with Gasteiger partial charge in [-0.15, -0.1) is 5.11 Å². The first kappa shape index (κ1) is 30.5. The van der Waals surface area contributed by atoms with E-state index in [0.717, 1.165) is 46.7 Å². The van der Waals surface area contributed by atoms with Crippen LogP contribution in [0.4, 0.5) is 22.7 Å². The lowest BCUT2D eigenvalue weighted by Gasteiger charge is -2.17. The number of anilines is 3. The number of aromatic nitrogens is 1. The molecular formula is C26H32N6O6S2. The number of sulfonamides is 1. The Morgan fingerprint density at radius 1 is 0.975 bits per heavy atom. The molecule has 0 saturated carbocycles. The molecule has 0 unspecified atom stereocenters. The lowest BCUT2D eigenvalue weighted by atomic mass is 10.1. The summed E-state index contributed by atoms with van der Waals surface area (Å²) >= 11 is 0. The number of hydrogen-bond acceptors (Lipinski definition) is 9. The molecule has 3 N–H and O–H groups in total. The molecule has 0 radical (unpaired) electrons. The average Bonchev–Trinajstić information content (AvgIpc) is 2.86. The van der Waals surface area contributed by atoms with Crippen LogP contribution in [0.15, 0.2) is 71.0 Å². The second-order valence-corrected chi connectivity index (χ2v) is 12.1. The van der Waals surface area contributed by atoms with Crippen LogP contribution in [-0.2, 0) is 20.1 Å². The zero-order chi connectivity index (χ0) is 29.5. The number of fused-ring (bicyclic) bond motifs is 2. The first-order valence-corrected chi connectivity index (χ1v) is 15.8. The molecule has 0 amide bonds. The Hall–Kier alpha value is -4.01.